The van der Waals surface area contributed by atoms with E-state index in [9.17, 15) is 4.39 Å². The van der Waals surface area contributed by atoms with Crippen molar-refractivity contribution < 1.29 is 9.13 Å². The third-order valence-electron chi connectivity index (χ3n) is 4.35. The normalized spacial score (nSPS) is 11.4. The second-order valence-corrected chi connectivity index (χ2v) is 6.35. The van der Waals surface area contributed by atoms with Gasteiger partial charge in [-0.3, -0.25) is 0 Å². The molecule has 3 aromatic rings. The largest absolute Gasteiger partial charge is 0.495 e. The molecule has 0 fully saturated rings. The molecule has 0 saturated carbocycles. The highest BCUT2D eigenvalue weighted by atomic mass is 19.1. The molecule has 0 bridgehead atoms. The Hall–Kier alpha value is -2.33. The van der Waals surface area contributed by atoms with E-state index in [0.717, 1.165) is 40.8 Å². The van der Waals surface area contributed by atoms with E-state index in [1.165, 1.54) is 0 Å². The van der Waals surface area contributed by atoms with Crippen LogP contribution in [0, 0.1) is 5.82 Å². The molecule has 0 aliphatic rings. The molecule has 1 aromatic heterocycles. The average Bonchev–Trinajstić information content (AvgIpc) is 2.91. The summed E-state index contributed by atoms with van der Waals surface area (Å²) in [6.45, 7) is 0.902. The summed E-state index contributed by atoms with van der Waals surface area (Å²) in [5, 5.41) is 0.876. The zero-order chi connectivity index (χ0) is 17.3. The molecular weight excluding hydrogens is 303 g/mol. The van der Waals surface area contributed by atoms with Crippen molar-refractivity contribution in [1.82, 2.24) is 9.47 Å². The molecule has 3 nitrogen and oxygen atoms in total. The number of rotatable bonds is 5. The summed E-state index contributed by atoms with van der Waals surface area (Å²) in [4.78, 5) is 2.13. The highest BCUT2D eigenvalue weighted by Gasteiger charge is 2.20. The van der Waals surface area contributed by atoms with Gasteiger partial charge in [0.15, 0.2) is 0 Å². The maximum Gasteiger partial charge on any atom is 0.148 e. The van der Waals surface area contributed by atoms with Gasteiger partial charge < -0.3 is 14.2 Å². The van der Waals surface area contributed by atoms with Crippen LogP contribution in [0.2, 0.25) is 0 Å². The van der Waals surface area contributed by atoms with E-state index < -0.39 is 0 Å². The number of likely N-dealkylation sites (N-methyl/N-ethyl adjacent to an activating group) is 1. The van der Waals surface area contributed by atoms with E-state index in [2.05, 4.69) is 4.90 Å². The number of ether oxygens (including phenoxy) is 1. The fraction of sp³-hybridized carbons (Fsp3) is 0.300. The minimum atomic E-state index is -0.219. The summed E-state index contributed by atoms with van der Waals surface area (Å²) >= 11 is 0. The van der Waals surface area contributed by atoms with Gasteiger partial charge in [0.05, 0.1) is 12.6 Å². The van der Waals surface area contributed by atoms with Crippen molar-refractivity contribution in [3.05, 3.63) is 54.0 Å². The summed E-state index contributed by atoms with van der Waals surface area (Å²) in [5.74, 6) is 0.523. The lowest BCUT2D eigenvalue weighted by atomic mass is 9.99. The predicted molar refractivity (Wildman–Crippen MR) is 97.1 cm³/mol. The van der Waals surface area contributed by atoms with Crippen molar-refractivity contribution in [2.75, 3.05) is 27.7 Å². The highest BCUT2D eigenvalue weighted by Crippen LogP contribution is 2.40. The molecule has 3 rings (SSSR count). The van der Waals surface area contributed by atoms with Crippen LogP contribution in [0.3, 0.4) is 0 Å². The van der Waals surface area contributed by atoms with E-state index in [4.69, 9.17) is 4.74 Å². The maximum atomic E-state index is 14.8. The molecule has 0 saturated heterocycles. The molecule has 0 radical (unpaired) electrons. The van der Waals surface area contributed by atoms with Crippen LogP contribution in [-0.4, -0.2) is 37.2 Å². The SMILES string of the molecule is COc1c(-c2ccccc2)cc(F)c2c1c(CCN(C)C)cn2C. The third-order valence-corrected chi connectivity index (χ3v) is 4.35. The Bertz CT molecular complexity index is 853. The average molecular weight is 326 g/mol. The molecular formula is C20H23FN2O. The van der Waals surface area contributed by atoms with E-state index in [1.807, 2.05) is 62.2 Å². The van der Waals surface area contributed by atoms with Gasteiger partial charge in [0, 0.05) is 30.7 Å². The Kier molecular flexibility index (Phi) is 4.58. The number of fused-ring (bicyclic) bond motifs is 1. The van der Waals surface area contributed by atoms with E-state index in [-0.39, 0.29) is 5.82 Å². The summed E-state index contributed by atoms with van der Waals surface area (Å²) in [5.41, 5.74) is 3.45. The molecule has 0 amide bonds. The lowest BCUT2D eigenvalue weighted by Gasteiger charge is -2.14. The standard InChI is InChI=1S/C20H23FN2O/c1-22(2)11-10-15-13-23(3)19-17(21)12-16(20(24-4)18(15)19)14-8-6-5-7-9-14/h5-9,12-13H,10-11H2,1-4H3. The number of methoxy groups -OCH3 is 1. The van der Waals surface area contributed by atoms with Crippen molar-refractivity contribution in [1.29, 1.82) is 0 Å². The lowest BCUT2D eigenvalue weighted by Crippen LogP contribution is -2.14. The number of hydrogen-bond acceptors (Lipinski definition) is 2. The minimum absolute atomic E-state index is 0.219. The van der Waals surface area contributed by atoms with Crippen LogP contribution in [0.5, 0.6) is 5.75 Å². The minimum Gasteiger partial charge on any atom is -0.495 e. The number of aryl methyl sites for hydroxylation is 1. The number of benzene rings is 2. The molecule has 1 heterocycles. The Morgan fingerprint density at radius 3 is 2.50 bits per heavy atom. The first-order chi connectivity index (χ1) is 11.5. The summed E-state index contributed by atoms with van der Waals surface area (Å²) in [7, 11) is 7.62. The molecule has 2 aromatic carbocycles. The van der Waals surface area contributed by atoms with Crippen molar-refractivity contribution in [3.63, 3.8) is 0 Å². The van der Waals surface area contributed by atoms with Crippen molar-refractivity contribution >= 4 is 10.9 Å². The third kappa shape index (κ3) is 2.89. The first-order valence-corrected chi connectivity index (χ1v) is 8.07. The fourth-order valence-corrected chi connectivity index (χ4v) is 3.21. The zero-order valence-corrected chi connectivity index (χ0v) is 14.6. The maximum absolute atomic E-state index is 14.8. The van der Waals surface area contributed by atoms with Crippen LogP contribution < -0.4 is 4.74 Å². The zero-order valence-electron chi connectivity index (χ0n) is 14.6. The first-order valence-electron chi connectivity index (χ1n) is 8.07. The molecule has 0 N–H and O–H groups in total. The summed E-state index contributed by atoms with van der Waals surface area (Å²) in [6, 6.07) is 11.4. The van der Waals surface area contributed by atoms with Crippen LogP contribution in [0.4, 0.5) is 4.39 Å². The number of nitrogens with zero attached hydrogens (tertiary/aromatic N) is 2. The predicted octanol–water partition coefficient (Wildman–Crippen LogP) is 4.10. The summed E-state index contributed by atoms with van der Waals surface area (Å²) in [6.07, 6.45) is 2.85. The van der Waals surface area contributed by atoms with Gasteiger partial charge in [-0.05, 0) is 37.7 Å². The number of halogens is 1. The first kappa shape index (κ1) is 16.5. The molecule has 4 heteroatoms. The van der Waals surface area contributed by atoms with Crippen LogP contribution in [0.25, 0.3) is 22.0 Å². The van der Waals surface area contributed by atoms with Crippen LogP contribution in [0.1, 0.15) is 5.56 Å². The Morgan fingerprint density at radius 1 is 1.17 bits per heavy atom. The number of hydrogen-bond donors (Lipinski definition) is 0. The summed E-state index contributed by atoms with van der Waals surface area (Å²) < 4.78 is 22.4. The monoisotopic (exact) mass is 326 g/mol. The van der Waals surface area contributed by atoms with E-state index in [0.29, 0.717) is 5.52 Å². The quantitative estimate of drug-likeness (QED) is 0.702. The number of aromatic nitrogens is 1. The smallest absolute Gasteiger partial charge is 0.148 e. The van der Waals surface area contributed by atoms with Gasteiger partial charge in [-0.25, -0.2) is 4.39 Å². The Labute approximate surface area is 142 Å². The molecule has 24 heavy (non-hydrogen) atoms. The lowest BCUT2D eigenvalue weighted by molar-refractivity contribution is 0.411. The molecule has 0 atom stereocenters. The molecule has 126 valence electrons. The highest BCUT2D eigenvalue weighted by molar-refractivity contribution is 5.97. The molecule has 0 spiro atoms. The second kappa shape index (κ2) is 6.65. The van der Waals surface area contributed by atoms with Crippen LogP contribution in [0.15, 0.2) is 42.6 Å². The van der Waals surface area contributed by atoms with Gasteiger partial charge in [-0.15, -0.1) is 0 Å². The van der Waals surface area contributed by atoms with E-state index in [1.54, 1.807) is 13.2 Å². The van der Waals surface area contributed by atoms with Gasteiger partial charge in [0.2, 0.25) is 0 Å². The topological polar surface area (TPSA) is 17.4 Å². The Morgan fingerprint density at radius 2 is 1.88 bits per heavy atom. The molecule has 0 unspecified atom stereocenters. The van der Waals surface area contributed by atoms with Gasteiger partial charge in [0.25, 0.3) is 0 Å². The van der Waals surface area contributed by atoms with Crippen molar-refractivity contribution in [3.8, 4) is 16.9 Å². The second-order valence-electron chi connectivity index (χ2n) is 6.35. The van der Waals surface area contributed by atoms with E-state index >= 15 is 0 Å². The molecule has 0 aliphatic heterocycles. The van der Waals surface area contributed by atoms with Gasteiger partial charge >= 0.3 is 0 Å². The Balaban J connectivity index is 2.27. The van der Waals surface area contributed by atoms with Gasteiger partial charge in [-0.2, -0.15) is 0 Å². The molecule has 0 aliphatic carbocycles. The van der Waals surface area contributed by atoms with Crippen molar-refractivity contribution in [2.45, 2.75) is 6.42 Å². The van der Waals surface area contributed by atoms with Gasteiger partial charge in [-0.1, -0.05) is 30.3 Å². The van der Waals surface area contributed by atoms with Crippen molar-refractivity contribution in [2.24, 2.45) is 7.05 Å². The van der Waals surface area contributed by atoms with Crippen LogP contribution in [-0.2, 0) is 13.5 Å². The van der Waals surface area contributed by atoms with Gasteiger partial charge in [0.1, 0.15) is 11.6 Å². The van der Waals surface area contributed by atoms with Crippen LogP contribution >= 0.6 is 0 Å². The fourth-order valence-electron chi connectivity index (χ4n) is 3.21.